The molecule has 1 saturated carbocycles. The van der Waals surface area contributed by atoms with Gasteiger partial charge in [-0.05, 0) is 43.4 Å². The van der Waals surface area contributed by atoms with Crippen molar-refractivity contribution in [1.29, 1.82) is 0 Å². The third kappa shape index (κ3) is 4.22. The van der Waals surface area contributed by atoms with Crippen molar-refractivity contribution in [3.8, 4) is 0 Å². The number of benzene rings is 1. The molecule has 3 aromatic rings. The van der Waals surface area contributed by atoms with Crippen molar-refractivity contribution in [3.05, 3.63) is 59.4 Å². The number of amides is 1. The van der Waals surface area contributed by atoms with E-state index in [1.54, 1.807) is 10.7 Å². The van der Waals surface area contributed by atoms with Crippen molar-refractivity contribution in [2.75, 3.05) is 17.7 Å². The number of nitrogens with one attached hydrogen (secondary N) is 3. The molecule has 8 heteroatoms. The molecule has 2 aromatic heterocycles. The molecular weight excluding hydrogens is 368 g/mol. The zero-order valence-electron chi connectivity index (χ0n) is 16.7. The second-order valence-corrected chi connectivity index (χ2v) is 7.16. The van der Waals surface area contributed by atoms with Gasteiger partial charge in [-0.1, -0.05) is 12.1 Å². The topological polar surface area (TPSA) is 93.1 Å². The fraction of sp³-hybridized carbons (Fsp3) is 0.286. The van der Waals surface area contributed by atoms with E-state index in [0.29, 0.717) is 23.0 Å². The van der Waals surface area contributed by atoms with Gasteiger partial charge in [-0.15, -0.1) is 0 Å². The molecule has 29 heavy (non-hydrogen) atoms. The molecule has 0 radical (unpaired) electrons. The highest BCUT2D eigenvalue weighted by Crippen LogP contribution is 2.44. The summed E-state index contributed by atoms with van der Waals surface area (Å²) in [7, 11) is 3.30. The van der Waals surface area contributed by atoms with E-state index in [4.69, 9.17) is 4.84 Å². The van der Waals surface area contributed by atoms with Crippen LogP contribution in [0.4, 0.5) is 23.0 Å². The van der Waals surface area contributed by atoms with E-state index in [-0.39, 0.29) is 5.91 Å². The summed E-state index contributed by atoms with van der Waals surface area (Å²) >= 11 is 0. The van der Waals surface area contributed by atoms with Gasteiger partial charge in [0, 0.05) is 31.1 Å². The maximum atomic E-state index is 12.3. The van der Waals surface area contributed by atoms with Gasteiger partial charge >= 0.3 is 0 Å². The molecule has 1 aromatic carbocycles. The van der Waals surface area contributed by atoms with Gasteiger partial charge in [-0.3, -0.25) is 14.3 Å². The number of hydroxylamine groups is 1. The van der Waals surface area contributed by atoms with Crippen molar-refractivity contribution < 1.29 is 9.63 Å². The average molecular weight is 392 g/mol. The number of pyridine rings is 1. The van der Waals surface area contributed by atoms with E-state index in [9.17, 15) is 4.79 Å². The third-order valence-corrected chi connectivity index (χ3v) is 4.85. The minimum atomic E-state index is -0.304. The summed E-state index contributed by atoms with van der Waals surface area (Å²) in [6.07, 6.45) is 4.20. The Balaban J connectivity index is 1.66. The van der Waals surface area contributed by atoms with Crippen molar-refractivity contribution in [2.45, 2.75) is 25.7 Å². The molecule has 0 saturated heterocycles. The highest BCUT2D eigenvalue weighted by atomic mass is 16.6. The Hall–Kier alpha value is -3.39. The summed E-state index contributed by atoms with van der Waals surface area (Å²) in [5.41, 5.74) is 6.60. The zero-order valence-corrected chi connectivity index (χ0v) is 16.7. The van der Waals surface area contributed by atoms with E-state index in [2.05, 4.69) is 26.2 Å². The first-order valence-electron chi connectivity index (χ1n) is 9.52. The van der Waals surface area contributed by atoms with Crippen molar-refractivity contribution >= 4 is 28.9 Å². The summed E-state index contributed by atoms with van der Waals surface area (Å²) < 4.78 is 1.78. The molecule has 8 nitrogen and oxygen atoms in total. The van der Waals surface area contributed by atoms with Crippen molar-refractivity contribution in [3.63, 3.8) is 0 Å². The molecule has 4 rings (SSSR count). The molecule has 1 aliphatic rings. The van der Waals surface area contributed by atoms with Crippen LogP contribution >= 0.6 is 0 Å². The Morgan fingerprint density at radius 3 is 2.66 bits per heavy atom. The lowest BCUT2D eigenvalue weighted by Gasteiger charge is -2.16. The molecule has 1 amide bonds. The first kappa shape index (κ1) is 18.9. The van der Waals surface area contributed by atoms with Crippen LogP contribution in [0.15, 0.2) is 42.6 Å². The van der Waals surface area contributed by atoms with E-state index in [1.165, 1.54) is 7.11 Å². The lowest BCUT2D eigenvalue weighted by molar-refractivity contribution is 0.0538. The molecule has 0 unspecified atom stereocenters. The quantitative estimate of drug-likeness (QED) is 0.530. The summed E-state index contributed by atoms with van der Waals surface area (Å²) in [5, 5.41) is 11.1. The number of aryl methyl sites for hydroxylation is 2. The predicted molar refractivity (Wildman–Crippen MR) is 112 cm³/mol. The highest BCUT2D eigenvalue weighted by molar-refractivity contribution is 5.99. The number of hydrogen-bond donors (Lipinski definition) is 3. The Labute approximate surface area is 169 Å². The second kappa shape index (κ2) is 7.92. The number of aromatic nitrogens is 3. The second-order valence-electron chi connectivity index (χ2n) is 7.16. The maximum Gasteiger partial charge on any atom is 0.276 e. The molecule has 2 heterocycles. The van der Waals surface area contributed by atoms with Crippen LogP contribution in [0.1, 0.15) is 40.4 Å². The minimum absolute atomic E-state index is 0.304. The number of nitrogens with zero attached hydrogens (tertiary/aromatic N) is 3. The summed E-state index contributed by atoms with van der Waals surface area (Å²) in [6.45, 7) is 1.95. The van der Waals surface area contributed by atoms with Crippen LogP contribution in [0, 0.1) is 6.92 Å². The van der Waals surface area contributed by atoms with Crippen LogP contribution in [0.25, 0.3) is 0 Å². The molecule has 0 bridgehead atoms. The summed E-state index contributed by atoms with van der Waals surface area (Å²) in [4.78, 5) is 21.7. The van der Waals surface area contributed by atoms with E-state index in [1.807, 2.05) is 50.5 Å². The van der Waals surface area contributed by atoms with Gasteiger partial charge in [0.05, 0.1) is 24.1 Å². The number of anilines is 4. The van der Waals surface area contributed by atoms with Gasteiger partial charge < -0.3 is 10.6 Å². The number of carbonyl (C=O) groups is 1. The van der Waals surface area contributed by atoms with Gasteiger partial charge in [-0.25, -0.2) is 10.5 Å². The Bertz CT molecular complexity index is 1040. The maximum absolute atomic E-state index is 12.3. The van der Waals surface area contributed by atoms with Crippen LogP contribution < -0.4 is 16.1 Å². The molecular formula is C21H24N6O2. The van der Waals surface area contributed by atoms with Gasteiger partial charge in [0.25, 0.3) is 5.91 Å². The van der Waals surface area contributed by atoms with Crippen molar-refractivity contribution in [1.82, 2.24) is 20.2 Å². The lowest BCUT2D eigenvalue weighted by atomic mass is 10.1. The fourth-order valence-corrected chi connectivity index (χ4v) is 3.30. The van der Waals surface area contributed by atoms with E-state index >= 15 is 0 Å². The molecule has 0 aliphatic heterocycles. The number of rotatable bonds is 7. The molecule has 150 valence electrons. The largest absolute Gasteiger partial charge is 0.354 e. The van der Waals surface area contributed by atoms with Crippen LogP contribution in [-0.4, -0.2) is 27.8 Å². The summed E-state index contributed by atoms with van der Waals surface area (Å²) in [6, 6.07) is 11.3. The predicted octanol–water partition coefficient (Wildman–Crippen LogP) is 3.78. The summed E-state index contributed by atoms with van der Waals surface area (Å²) in [5.74, 6) is 1.76. The first-order chi connectivity index (χ1) is 14.0. The lowest BCUT2D eigenvalue weighted by Crippen LogP contribution is -2.22. The molecule has 0 spiro atoms. The van der Waals surface area contributed by atoms with E-state index in [0.717, 1.165) is 35.6 Å². The number of carbonyl (C=O) groups excluding carboxylic acids is 1. The first-order valence-corrected chi connectivity index (χ1v) is 9.52. The third-order valence-electron chi connectivity index (χ3n) is 4.85. The van der Waals surface area contributed by atoms with Crippen LogP contribution in [-0.2, 0) is 11.9 Å². The van der Waals surface area contributed by atoms with Crippen LogP contribution in [0.5, 0.6) is 0 Å². The van der Waals surface area contributed by atoms with Gasteiger partial charge in [-0.2, -0.15) is 5.10 Å². The average Bonchev–Trinajstić information content (AvgIpc) is 3.48. The molecule has 1 fully saturated rings. The number of para-hydroxylation sites is 1. The van der Waals surface area contributed by atoms with Crippen LogP contribution in [0.3, 0.4) is 0 Å². The number of hydrogen-bond acceptors (Lipinski definition) is 6. The molecule has 3 N–H and O–H groups in total. The molecule has 1 aliphatic carbocycles. The van der Waals surface area contributed by atoms with E-state index < -0.39 is 0 Å². The Morgan fingerprint density at radius 1 is 1.17 bits per heavy atom. The Morgan fingerprint density at radius 2 is 1.97 bits per heavy atom. The van der Waals surface area contributed by atoms with Gasteiger partial charge in [0.1, 0.15) is 11.6 Å². The Kier molecular flexibility index (Phi) is 5.18. The smallest absolute Gasteiger partial charge is 0.276 e. The monoisotopic (exact) mass is 392 g/mol. The van der Waals surface area contributed by atoms with Crippen LogP contribution in [0.2, 0.25) is 0 Å². The zero-order chi connectivity index (χ0) is 20.4. The highest BCUT2D eigenvalue weighted by Gasteiger charge is 2.27. The SMILES string of the molecule is CONC(=O)c1ccccc1Nc1cc(Nc2cc(C)nn2C)ncc1C1CC1. The molecule has 0 atom stereocenters. The minimum Gasteiger partial charge on any atom is -0.354 e. The standard InChI is InChI=1S/C21H24N6O2/c1-13-10-20(27(2)25-13)24-19-11-18(16(12-22-19)14-8-9-14)23-17-7-5-4-6-15(17)21(28)26-29-3/h4-7,10-12,14H,8-9H2,1-3H3,(H,26,28)(H2,22,23,24). The van der Waals surface area contributed by atoms with Crippen molar-refractivity contribution in [2.24, 2.45) is 7.05 Å². The van der Waals surface area contributed by atoms with Gasteiger partial charge in [0.15, 0.2) is 0 Å². The normalized spacial score (nSPS) is 13.2. The van der Waals surface area contributed by atoms with Gasteiger partial charge in [0.2, 0.25) is 0 Å². The fourth-order valence-electron chi connectivity index (χ4n) is 3.30.